The number of nitrogens with zero attached hydrogens (tertiary/aromatic N) is 4. The van der Waals surface area contributed by atoms with E-state index in [1.165, 1.54) is 5.56 Å². The second-order valence-electron chi connectivity index (χ2n) is 7.08. The first-order valence-corrected chi connectivity index (χ1v) is 9.67. The van der Waals surface area contributed by atoms with Crippen molar-refractivity contribution in [1.82, 2.24) is 19.9 Å². The number of hydrogen-bond donors (Lipinski definition) is 1. The number of aliphatic carboxylic acids is 1. The summed E-state index contributed by atoms with van der Waals surface area (Å²) in [6, 6.07) is 3.61. The van der Waals surface area contributed by atoms with Gasteiger partial charge in [0.2, 0.25) is 0 Å². The summed E-state index contributed by atoms with van der Waals surface area (Å²) >= 11 is 0. The summed E-state index contributed by atoms with van der Waals surface area (Å²) in [7, 11) is 0. The Morgan fingerprint density at radius 2 is 1.94 bits per heavy atom. The molecule has 2 aliphatic rings. The average Bonchev–Trinajstić information content (AvgIpc) is 3.20. The third-order valence-corrected chi connectivity index (χ3v) is 5.07. The monoisotopic (exact) mass is 438 g/mol. The number of carbonyl (C=O) groups is 2. The number of ether oxygens (including phenoxy) is 1. The maximum Gasteiger partial charge on any atom is 0.490 e. The molecule has 1 saturated heterocycles. The number of rotatable bonds is 2. The van der Waals surface area contributed by atoms with Gasteiger partial charge in [-0.25, -0.2) is 14.8 Å². The lowest BCUT2D eigenvalue weighted by atomic mass is 9.96. The second kappa shape index (κ2) is 9.82. The molecule has 0 aromatic carbocycles. The van der Waals surface area contributed by atoms with E-state index in [0.717, 1.165) is 43.9 Å². The second-order valence-corrected chi connectivity index (χ2v) is 7.08. The van der Waals surface area contributed by atoms with Crippen molar-refractivity contribution in [2.24, 2.45) is 0 Å². The first-order valence-electron chi connectivity index (χ1n) is 9.67. The highest BCUT2D eigenvalue weighted by Crippen LogP contribution is 2.29. The number of hydrogen-bond acceptors (Lipinski definition) is 6. The normalized spacial score (nSPS) is 18.4. The van der Waals surface area contributed by atoms with Gasteiger partial charge >= 0.3 is 12.1 Å². The van der Waals surface area contributed by atoms with Crippen LogP contribution in [0.4, 0.5) is 13.2 Å². The van der Waals surface area contributed by atoms with E-state index in [2.05, 4.69) is 15.0 Å². The van der Waals surface area contributed by atoms with Gasteiger partial charge in [0.05, 0.1) is 17.9 Å². The molecule has 4 heterocycles. The highest BCUT2D eigenvalue weighted by molar-refractivity contribution is 5.93. The lowest BCUT2D eigenvalue weighted by Gasteiger charge is -2.20. The molecule has 1 fully saturated rings. The SMILES string of the molecule is O=C(O)C(F)(F)F.O=C(c1cccnc1)N1CCc2ncnc(C3CCOC3)c2CC1. The first-order chi connectivity index (χ1) is 14.8. The maximum atomic E-state index is 12.7. The van der Waals surface area contributed by atoms with Crippen LogP contribution >= 0.6 is 0 Å². The zero-order chi connectivity index (χ0) is 22.4. The van der Waals surface area contributed by atoms with Crippen LogP contribution in [0.3, 0.4) is 0 Å². The van der Waals surface area contributed by atoms with Gasteiger partial charge in [0.1, 0.15) is 6.33 Å². The molecule has 0 bridgehead atoms. The lowest BCUT2D eigenvalue weighted by molar-refractivity contribution is -0.192. The molecule has 0 aliphatic carbocycles. The Morgan fingerprint density at radius 3 is 2.55 bits per heavy atom. The molecule has 8 nitrogen and oxygen atoms in total. The predicted octanol–water partition coefficient (Wildman–Crippen LogP) is 2.25. The van der Waals surface area contributed by atoms with E-state index in [1.807, 2.05) is 11.0 Å². The van der Waals surface area contributed by atoms with Crippen LogP contribution in [0.25, 0.3) is 0 Å². The van der Waals surface area contributed by atoms with Crippen LogP contribution in [0, 0.1) is 0 Å². The Bertz CT molecular complexity index is 918. The molecule has 2 aromatic heterocycles. The van der Waals surface area contributed by atoms with E-state index in [-0.39, 0.29) is 5.91 Å². The van der Waals surface area contributed by atoms with E-state index in [1.54, 1.807) is 24.8 Å². The summed E-state index contributed by atoms with van der Waals surface area (Å²) in [5.41, 5.74) is 4.05. The third-order valence-electron chi connectivity index (χ3n) is 5.07. The van der Waals surface area contributed by atoms with Crippen molar-refractivity contribution in [3.05, 3.63) is 53.4 Å². The summed E-state index contributed by atoms with van der Waals surface area (Å²) in [5.74, 6) is -2.36. The molecule has 2 aromatic rings. The van der Waals surface area contributed by atoms with Crippen LogP contribution in [0.2, 0.25) is 0 Å². The van der Waals surface area contributed by atoms with Crippen molar-refractivity contribution >= 4 is 11.9 Å². The minimum atomic E-state index is -5.08. The van der Waals surface area contributed by atoms with Crippen LogP contribution in [0.15, 0.2) is 30.9 Å². The molecule has 0 radical (unpaired) electrons. The van der Waals surface area contributed by atoms with Crippen molar-refractivity contribution in [3.63, 3.8) is 0 Å². The highest BCUT2D eigenvalue weighted by atomic mass is 19.4. The number of carbonyl (C=O) groups excluding carboxylic acids is 1. The maximum absolute atomic E-state index is 12.7. The summed E-state index contributed by atoms with van der Waals surface area (Å²) < 4.78 is 37.3. The molecular formula is C20H21F3N4O4. The molecule has 1 N–H and O–H groups in total. The van der Waals surface area contributed by atoms with Gasteiger partial charge in [0, 0.05) is 50.1 Å². The summed E-state index contributed by atoms with van der Waals surface area (Å²) in [4.78, 5) is 36.5. The number of fused-ring (bicyclic) bond motifs is 1. The Labute approximate surface area is 176 Å². The van der Waals surface area contributed by atoms with Crippen molar-refractivity contribution < 1.29 is 32.6 Å². The molecule has 1 atom stereocenters. The molecule has 2 aliphatic heterocycles. The third kappa shape index (κ3) is 5.75. The molecule has 1 amide bonds. The Hall–Kier alpha value is -3.08. The van der Waals surface area contributed by atoms with Crippen molar-refractivity contribution in [2.45, 2.75) is 31.4 Å². The number of aromatic nitrogens is 3. The number of amides is 1. The van der Waals surface area contributed by atoms with Gasteiger partial charge in [-0.05, 0) is 30.5 Å². The fourth-order valence-electron chi connectivity index (χ4n) is 3.53. The van der Waals surface area contributed by atoms with Gasteiger partial charge in [-0.3, -0.25) is 9.78 Å². The van der Waals surface area contributed by atoms with Crippen LogP contribution in [0.5, 0.6) is 0 Å². The molecule has 166 valence electrons. The smallest absolute Gasteiger partial charge is 0.475 e. The van der Waals surface area contributed by atoms with Gasteiger partial charge < -0.3 is 14.7 Å². The number of halogens is 3. The van der Waals surface area contributed by atoms with E-state index >= 15 is 0 Å². The molecule has 0 spiro atoms. The zero-order valence-electron chi connectivity index (χ0n) is 16.5. The number of carboxylic acid groups (broad SMARTS) is 1. The standard InChI is InChI=1S/C18H20N4O2.C2HF3O2/c23-18(13-2-1-6-19-10-13)22-7-3-15-16(4-8-22)20-12-21-17(15)14-5-9-24-11-14;3-2(4,5)1(6)7/h1-2,6,10,12,14H,3-5,7-9,11H2;(H,6,7). The lowest BCUT2D eigenvalue weighted by Crippen LogP contribution is -2.33. The summed E-state index contributed by atoms with van der Waals surface area (Å²) in [6.07, 6.45) is 2.47. The van der Waals surface area contributed by atoms with E-state index < -0.39 is 12.1 Å². The van der Waals surface area contributed by atoms with Crippen molar-refractivity contribution in [1.29, 1.82) is 0 Å². The summed E-state index contributed by atoms with van der Waals surface area (Å²) in [6.45, 7) is 2.91. The predicted molar refractivity (Wildman–Crippen MR) is 101 cm³/mol. The highest BCUT2D eigenvalue weighted by Gasteiger charge is 2.38. The fourth-order valence-corrected chi connectivity index (χ4v) is 3.53. The molecule has 11 heteroatoms. The topological polar surface area (TPSA) is 106 Å². The van der Waals surface area contributed by atoms with Crippen molar-refractivity contribution in [2.75, 3.05) is 26.3 Å². The molecule has 4 rings (SSSR count). The van der Waals surface area contributed by atoms with E-state index in [9.17, 15) is 18.0 Å². The van der Waals surface area contributed by atoms with Crippen LogP contribution < -0.4 is 0 Å². The minimum absolute atomic E-state index is 0.0367. The number of alkyl halides is 3. The van der Waals surface area contributed by atoms with Crippen molar-refractivity contribution in [3.8, 4) is 0 Å². The average molecular weight is 438 g/mol. The summed E-state index contributed by atoms with van der Waals surface area (Å²) in [5, 5.41) is 7.12. The van der Waals surface area contributed by atoms with Gasteiger partial charge in [-0.2, -0.15) is 13.2 Å². The molecular weight excluding hydrogens is 417 g/mol. The van der Waals surface area contributed by atoms with E-state index in [4.69, 9.17) is 14.6 Å². The number of pyridine rings is 1. The first kappa shape index (κ1) is 22.6. The van der Waals surface area contributed by atoms with Gasteiger partial charge in [-0.1, -0.05) is 0 Å². The van der Waals surface area contributed by atoms with E-state index in [0.29, 0.717) is 24.6 Å². The largest absolute Gasteiger partial charge is 0.490 e. The molecule has 0 saturated carbocycles. The quantitative estimate of drug-likeness (QED) is 0.767. The van der Waals surface area contributed by atoms with Crippen LogP contribution in [-0.2, 0) is 22.4 Å². The Balaban J connectivity index is 0.000000339. The van der Waals surface area contributed by atoms with Gasteiger partial charge in [0.25, 0.3) is 5.91 Å². The minimum Gasteiger partial charge on any atom is -0.475 e. The van der Waals surface area contributed by atoms with Crippen LogP contribution in [0.1, 0.15) is 39.6 Å². The van der Waals surface area contributed by atoms with Gasteiger partial charge in [-0.15, -0.1) is 0 Å². The molecule has 1 unspecified atom stereocenters. The zero-order valence-corrected chi connectivity index (χ0v) is 16.5. The van der Waals surface area contributed by atoms with Gasteiger partial charge in [0.15, 0.2) is 0 Å². The fraction of sp³-hybridized carbons (Fsp3) is 0.450. The van der Waals surface area contributed by atoms with Crippen LogP contribution in [-0.4, -0.2) is 69.3 Å². The Kier molecular flexibility index (Phi) is 7.16. The number of carboxylic acids is 1. The Morgan fingerprint density at radius 1 is 1.19 bits per heavy atom. The molecule has 31 heavy (non-hydrogen) atoms.